The predicted molar refractivity (Wildman–Crippen MR) is 126 cm³/mol. The molecule has 5 nitrogen and oxygen atoms in total. The normalized spacial score (nSPS) is 11.2. The lowest BCUT2D eigenvalue weighted by Crippen LogP contribution is -2.38. The molecule has 0 fully saturated rings. The average molecular weight is 502 g/mol. The number of ether oxygens (including phenoxy) is 1. The summed E-state index contributed by atoms with van der Waals surface area (Å²) in [7, 11) is 0. The molecule has 1 heterocycles. The number of guanidine groups is 1. The third-order valence-corrected chi connectivity index (χ3v) is 4.58. The zero-order valence-electron chi connectivity index (χ0n) is 16.6. The Morgan fingerprint density at radius 3 is 2.52 bits per heavy atom. The van der Waals surface area contributed by atoms with Crippen LogP contribution in [0.15, 0.2) is 35.5 Å². The molecule has 2 N–H and O–H groups in total. The van der Waals surface area contributed by atoms with E-state index in [0.717, 1.165) is 49.2 Å². The highest BCUT2D eigenvalue weighted by Gasteiger charge is 2.01. The van der Waals surface area contributed by atoms with Crippen molar-refractivity contribution in [3.05, 3.63) is 45.9 Å². The van der Waals surface area contributed by atoms with E-state index in [9.17, 15) is 0 Å². The lowest BCUT2D eigenvalue weighted by molar-refractivity contribution is 0.242. The van der Waals surface area contributed by atoms with E-state index in [1.807, 2.05) is 32.2 Å². The van der Waals surface area contributed by atoms with Crippen molar-refractivity contribution in [2.75, 3.05) is 19.6 Å². The van der Waals surface area contributed by atoms with E-state index in [1.165, 1.54) is 10.4 Å². The Morgan fingerprint density at radius 2 is 1.93 bits per heavy atom. The van der Waals surface area contributed by atoms with E-state index in [0.29, 0.717) is 0 Å². The second kappa shape index (κ2) is 12.9. The predicted octanol–water partition coefficient (Wildman–Crippen LogP) is 4.20. The van der Waals surface area contributed by atoms with Crippen LogP contribution in [-0.4, -0.2) is 36.7 Å². The molecule has 0 bridgehead atoms. The SMILES string of the molecule is CCNC(=NCCc1ncc(C)s1)NCCc1ccc(OC(C)C)cc1.I. The molecule has 27 heavy (non-hydrogen) atoms. The van der Waals surface area contributed by atoms with Gasteiger partial charge >= 0.3 is 0 Å². The minimum absolute atomic E-state index is 0. The first-order valence-electron chi connectivity index (χ1n) is 9.26. The van der Waals surface area contributed by atoms with E-state index < -0.39 is 0 Å². The van der Waals surface area contributed by atoms with Crippen molar-refractivity contribution in [3.8, 4) is 5.75 Å². The summed E-state index contributed by atoms with van der Waals surface area (Å²) in [6.45, 7) is 10.7. The smallest absolute Gasteiger partial charge is 0.191 e. The molecule has 0 amide bonds. The molecule has 150 valence electrons. The van der Waals surface area contributed by atoms with Crippen LogP contribution in [0.2, 0.25) is 0 Å². The molecule has 0 atom stereocenters. The van der Waals surface area contributed by atoms with Crippen molar-refractivity contribution in [2.24, 2.45) is 4.99 Å². The zero-order chi connectivity index (χ0) is 18.8. The second-order valence-electron chi connectivity index (χ2n) is 6.36. The minimum Gasteiger partial charge on any atom is -0.491 e. The number of aryl methyl sites for hydroxylation is 1. The number of aromatic nitrogens is 1. The molecular formula is C20H31IN4OS. The maximum atomic E-state index is 5.68. The fraction of sp³-hybridized carbons (Fsp3) is 0.500. The lowest BCUT2D eigenvalue weighted by Gasteiger charge is -2.12. The summed E-state index contributed by atoms with van der Waals surface area (Å²) in [6, 6.07) is 8.30. The summed E-state index contributed by atoms with van der Waals surface area (Å²) in [5, 5.41) is 7.84. The third kappa shape index (κ3) is 9.41. The fourth-order valence-electron chi connectivity index (χ4n) is 2.45. The lowest BCUT2D eigenvalue weighted by atomic mass is 10.1. The molecule has 0 radical (unpaired) electrons. The maximum Gasteiger partial charge on any atom is 0.191 e. The van der Waals surface area contributed by atoms with Crippen LogP contribution in [0.5, 0.6) is 5.75 Å². The van der Waals surface area contributed by atoms with Gasteiger partial charge in [0, 0.05) is 37.1 Å². The molecule has 0 aliphatic heterocycles. The molecule has 2 aromatic rings. The van der Waals surface area contributed by atoms with Gasteiger partial charge in [0.15, 0.2) is 5.96 Å². The van der Waals surface area contributed by atoms with Crippen LogP contribution < -0.4 is 15.4 Å². The van der Waals surface area contributed by atoms with Crippen LogP contribution in [0.25, 0.3) is 0 Å². The molecule has 2 rings (SSSR count). The molecule has 0 saturated carbocycles. The average Bonchev–Trinajstić information content (AvgIpc) is 3.01. The number of thiazole rings is 1. The summed E-state index contributed by atoms with van der Waals surface area (Å²) in [4.78, 5) is 10.3. The van der Waals surface area contributed by atoms with E-state index in [2.05, 4.69) is 46.6 Å². The van der Waals surface area contributed by atoms with Gasteiger partial charge in [-0.1, -0.05) is 12.1 Å². The van der Waals surface area contributed by atoms with E-state index in [-0.39, 0.29) is 30.1 Å². The fourth-order valence-corrected chi connectivity index (χ4v) is 3.23. The van der Waals surface area contributed by atoms with Gasteiger partial charge in [-0.15, -0.1) is 35.3 Å². The number of hydrogen-bond donors (Lipinski definition) is 2. The van der Waals surface area contributed by atoms with Gasteiger partial charge < -0.3 is 15.4 Å². The number of nitrogens with one attached hydrogen (secondary N) is 2. The molecule has 7 heteroatoms. The second-order valence-corrected chi connectivity index (χ2v) is 7.68. The molecule has 1 aromatic carbocycles. The van der Waals surface area contributed by atoms with Gasteiger partial charge in [-0.25, -0.2) is 4.98 Å². The highest BCUT2D eigenvalue weighted by atomic mass is 127. The van der Waals surface area contributed by atoms with Gasteiger partial charge in [0.1, 0.15) is 5.75 Å². The van der Waals surface area contributed by atoms with Crippen molar-refractivity contribution in [1.29, 1.82) is 0 Å². The zero-order valence-corrected chi connectivity index (χ0v) is 19.8. The van der Waals surface area contributed by atoms with Crippen molar-refractivity contribution < 1.29 is 4.74 Å². The van der Waals surface area contributed by atoms with Crippen LogP contribution >= 0.6 is 35.3 Å². The molecule has 0 aliphatic carbocycles. The van der Waals surface area contributed by atoms with Gasteiger partial charge in [-0.3, -0.25) is 4.99 Å². The molecule has 1 aromatic heterocycles. The Balaban J connectivity index is 0.00000364. The van der Waals surface area contributed by atoms with Gasteiger partial charge in [-0.05, 0) is 51.8 Å². The first-order chi connectivity index (χ1) is 12.6. The number of halogens is 1. The maximum absolute atomic E-state index is 5.68. The van der Waals surface area contributed by atoms with Crippen LogP contribution in [0.1, 0.15) is 36.2 Å². The largest absolute Gasteiger partial charge is 0.491 e. The third-order valence-electron chi connectivity index (χ3n) is 3.61. The number of benzene rings is 1. The highest BCUT2D eigenvalue weighted by molar-refractivity contribution is 14.0. The Morgan fingerprint density at radius 1 is 1.19 bits per heavy atom. The van der Waals surface area contributed by atoms with Gasteiger partial charge in [-0.2, -0.15) is 0 Å². The highest BCUT2D eigenvalue weighted by Crippen LogP contribution is 2.14. The number of hydrogen-bond acceptors (Lipinski definition) is 4. The van der Waals surface area contributed by atoms with Gasteiger partial charge in [0.2, 0.25) is 0 Å². The van der Waals surface area contributed by atoms with E-state index in [4.69, 9.17) is 4.74 Å². The standard InChI is InChI=1S/C20H30N4OS.HI/c1-5-21-20(23-13-11-19-24-14-16(4)26-19)22-12-10-17-6-8-18(9-7-17)25-15(2)3;/h6-9,14-15H,5,10-13H2,1-4H3,(H2,21,22,23);1H. The Hall–Kier alpha value is -1.35. The van der Waals surface area contributed by atoms with Crippen molar-refractivity contribution in [1.82, 2.24) is 15.6 Å². The number of rotatable bonds is 9. The molecule has 0 aliphatic rings. The molecular weight excluding hydrogens is 471 g/mol. The molecule has 0 saturated heterocycles. The van der Waals surface area contributed by atoms with E-state index in [1.54, 1.807) is 11.3 Å². The van der Waals surface area contributed by atoms with Crippen LogP contribution in [-0.2, 0) is 12.8 Å². The molecule has 0 unspecified atom stereocenters. The minimum atomic E-state index is 0. The van der Waals surface area contributed by atoms with Crippen molar-refractivity contribution >= 4 is 41.3 Å². The van der Waals surface area contributed by atoms with Gasteiger partial charge in [0.25, 0.3) is 0 Å². The summed E-state index contributed by atoms with van der Waals surface area (Å²) in [6.07, 6.45) is 3.95. The summed E-state index contributed by atoms with van der Waals surface area (Å²) < 4.78 is 5.68. The molecule has 0 spiro atoms. The van der Waals surface area contributed by atoms with E-state index >= 15 is 0 Å². The van der Waals surface area contributed by atoms with Crippen LogP contribution in [0.3, 0.4) is 0 Å². The number of aliphatic imine (C=N–C) groups is 1. The summed E-state index contributed by atoms with van der Waals surface area (Å²) in [5.74, 6) is 1.78. The van der Waals surface area contributed by atoms with Gasteiger partial charge in [0.05, 0.1) is 11.1 Å². The monoisotopic (exact) mass is 502 g/mol. The van der Waals surface area contributed by atoms with Crippen molar-refractivity contribution in [3.63, 3.8) is 0 Å². The number of nitrogens with zero attached hydrogens (tertiary/aromatic N) is 2. The van der Waals surface area contributed by atoms with Crippen molar-refractivity contribution in [2.45, 2.75) is 46.6 Å². The summed E-state index contributed by atoms with van der Waals surface area (Å²) in [5.41, 5.74) is 1.28. The Labute approximate surface area is 184 Å². The Kier molecular flexibility index (Phi) is 11.3. The topological polar surface area (TPSA) is 58.5 Å². The van der Waals surface area contributed by atoms with Crippen LogP contribution in [0, 0.1) is 6.92 Å². The van der Waals surface area contributed by atoms with Crippen LogP contribution in [0.4, 0.5) is 0 Å². The quantitative estimate of drug-likeness (QED) is 0.307. The first kappa shape index (κ1) is 23.7. The first-order valence-corrected chi connectivity index (χ1v) is 10.1. The Bertz CT molecular complexity index is 686. The summed E-state index contributed by atoms with van der Waals surface area (Å²) >= 11 is 1.74.